The first-order chi connectivity index (χ1) is 8.18. The first kappa shape index (κ1) is 11.9. The smallest absolute Gasteiger partial charge is 0.209 e. The first-order valence-corrected chi connectivity index (χ1v) is 5.74. The molecule has 0 spiro atoms. The van der Waals surface area contributed by atoms with Gasteiger partial charge in [-0.25, -0.2) is 0 Å². The van der Waals surface area contributed by atoms with Crippen molar-refractivity contribution in [1.29, 1.82) is 0 Å². The first-order valence-electron chi connectivity index (χ1n) is 5.74. The van der Waals surface area contributed by atoms with Crippen molar-refractivity contribution in [3.8, 4) is 5.75 Å². The number of likely N-dealkylation sites (tertiary alicyclic amines) is 1. The van der Waals surface area contributed by atoms with Crippen LogP contribution in [0.25, 0.3) is 0 Å². The van der Waals surface area contributed by atoms with Gasteiger partial charge in [-0.3, -0.25) is 4.79 Å². The van der Waals surface area contributed by atoms with Gasteiger partial charge in [0.1, 0.15) is 5.75 Å². The molecular formula is C13H17NO3. The van der Waals surface area contributed by atoms with Gasteiger partial charge in [-0.2, -0.15) is 0 Å². The van der Waals surface area contributed by atoms with Crippen LogP contribution in [0.3, 0.4) is 0 Å². The predicted octanol–water partition coefficient (Wildman–Crippen LogP) is 1.14. The Labute approximate surface area is 101 Å². The van der Waals surface area contributed by atoms with Crippen LogP contribution in [0.5, 0.6) is 5.75 Å². The summed E-state index contributed by atoms with van der Waals surface area (Å²) in [7, 11) is 1.62. The highest BCUT2D eigenvalue weighted by atomic mass is 16.5. The van der Waals surface area contributed by atoms with Crippen molar-refractivity contribution in [2.24, 2.45) is 0 Å². The van der Waals surface area contributed by atoms with Crippen LogP contribution in [0.1, 0.15) is 18.4 Å². The molecule has 0 atom stereocenters. The molecule has 2 rings (SSSR count). The largest absolute Gasteiger partial charge is 0.497 e. The number of piperidine rings is 1. The van der Waals surface area contributed by atoms with Crippen molar-refractivity contribution in [2.75, 3.05) is 20.2 Å². The maximum absolute atomic E-state index is 10.6. The fourth-order valence-corrected chi connectivity index (χ4v) is 2.19. The van der Waals surface area contributed by atoms with Gasteiger partial charge >= 0.3 is 0 Å². The van der Waals surface area contributed by atoms with E-state index < -0.39 is 5.60 Å². The van der Waals surface area contributed by atoms with Gasteiger partial charge in [-0.15, -0.1) is 0 Å². The second-order valence-electron chi connectivity index (χ2n) is 4.40. The minimum atomic E-state index is -0.814. The van der Waals surface area contributed by atoms with E-state index in [9.17, 15) is 9.90 Å². The number of benzene rings is 1. The average Bonchev–Trinajstić information content (AvgIpc) is 2.40. The van der Waals surface area contributed by atoms with Crippen LogP contribution < -0.4 is 4.74 Å². The van der Waals surface area contributed by atoms with E-state index in [4.69, 9.17) is 4.74 Å². The Balaban J connectivity index is 2.12. The molecule has 1 aliphatic rings. The molecule has 1 aromatic carbocycles. The summed E-state index contributed by atoms with van der Waals surface area (Å²) in [5.74, 6) is 0.780. The van der Waals surface area contributed by atoms with Crippen LogP contribution >= 0.6 is 0 Å². The summed E-state index contributed by atoms with van der Waals surface area (Å²) in [4.78, 5) is 12.3. The molecule has 0 aliphatic carbocycles. The second kappa shape index (κ2) is 4.75. The molecule has 1 saturated heterocycles. The number of nitrogens with zero attached hydrogens (tertiary/aromatic N) is 1. The molecule has 1 fully saturated rings. The average molecular weight is 235 g/mol. The fraction of sp³-hybridized carbons (Fsp3) is 0.462. The lowest BCUT2D eigenvalue weighted by molar-refractivity contribution is -0.122. The fourth-order valence-electron chi connectivity index (χ4n) is 2.19. The van der Waals surface area contributed by atoms with E-state index in [2.05, 4.69) is 0 Å². The summed E-state index contributed by atoms with van der Waals surface area (Å²) in [5, 5.41) is 10.5. The third kappa shape index (κ3) is 2.42. The van der Waals surface area contributed by atoms with E-state index >= 15 is 0 Å². The highest BCUT2D eigenvalue weighted by Gasteiger charge is 2.33. The van der Waals surface area contributed by atoms with E-state index in [0.717, 1.165) is 17.7 Å². The topological polar surface area (TPSA) is 49.8 Å². The molecule has 0 aromatic heterocycles. The summed E-state index contributed by atoms with van der Waals surface area (Å²) >= 11 is 0. The summed E-state index contributed by atoms with van der Waals surface area (Å²) in [6.45, 7) is 1.21. The number of hydrogen-bond acceptors (Lipinski definition) is 3. The van der Waals surface area contributed by atoms with E-state index in [1.54, 1.807) is 12.0 Å². The van der Waals surface area contributed by atoms with Crippen molar-refractivity contribution in [3.05, 3.63) is 29.8 Å². The Bertz CT molecular complexity index is 380. The minimum Gasteiger partial charge on any atom is -0.497 e. The van der Waals surface area contributed by atoms with Crippen LogP contribution in [-0.4, -0.2) is 36.6 Å². The van der Waals surface area contributed by atoms with Gasteiger partial charge in [0, 0.05) is 13.1 Å². The maximum Gasteiger partial charge on any atom is 0.209 e. The maximum atomic E-state index is 10.6. The third-order valence-electron chi connectivity index (χ3n) is 3.40. The van der Waals surface area contributed by atoms with Crippen LogP contribution in [-0.2, 0) is 10.4 Å². The van der Waals surface area contributed by atoms with Gasteiger partial charge in [0.05, 0.1) is 12.7 Å². The summed E-state index contributed by atoms with van der Waals surface area (Å²) < 4.78 is 5.09. The number of rotatable bonds is 3. The van der Waals surface area contributed by atoms with Crippen LogP contribution in [0.2, 0.25) is 0 Å². The lowest BCUT2D eigenvalue weighted by atomic mass is 9.84. The predicted molar refractivity (Wildman–Crippen MR) is 63.8 cm³/mol. The van der Waals surface area contributed by atoms with Crippen molar-refractivity contribution in [3.63, 3.8) is 0 Å². The van der Waals surface area contributed by atoms with E-state index in [0.29, 0.717) is 25.9 Å². The molecule has 1 aliphatic heterocycles. The molecular weight excluding hydrogens is 218 g/mol. The number of carbonyl (C=O) groups excluding carboxylic acids is 1. The zero-order chi connectivity index (χ0) is 12.3. The summed E-state index contributed by atoms with van der Waals surface area (Å²) in [5.41, 5.74) is 0.0787. The lowest BCUT2D eigenvalue weighted by Gasteiger charge is -2.37. The van der Waals surface area contributed by atoms with Gasteiger partial charge in [0.15, 0.2) is 0 Å². The standard InChI is InChI=1S/C13H17NO3/c1-17-12-4-2-11(3-5-12)13(16)6-8-14(10-15)9-7-13/h2-5,10,16H,6-9H2,1H3. The number of amides is 1. The zero-order valence-corrected chi connectivity index (χ0v) is 9.93. The monoisotopic (exact) mass is 235 g/mol. The number of ether oxygens (including phenoxy) is 1. The highest BCUT2D eigenvalue weighted by Crippen LogP contribution is 2.33. The highest BCUT2D eigenvalue weighted by molar-refractivity contribution is 5.47. The van der Waals surface area contributed by atoms with Crippen molar-refractivity contribution in [2.45, 2.75) is 18.4 Å². The van der Waals surface area contributed by atoms with Gasteiger partial charge < -0.3 is 14.7 Å². The SMILES string of the molecule is COc1ccc(C2(O)CCN(C=O)CC2)cc1. The van der Waals surface area contributed by atoms with Gasteiger partial charge in [-0.05, 0) is 30.5 Å². The Hall–Kier alpha value is -1.55. The molecule has 4 nitrogen and oxygen atoms in total. The van der Waals surface area contributed by atoms with Crippen LogP contribution in [0.4, 0.5) is 0 Å². The number of carbonyl (C=O) groups is 1. The summed E-state index contributed by atoms with van der Waals surface area (Å²) in [6.07, 6.45) is 2.00. The molecule has 1 aromatic rings. The van der Waals surface area contributed by atoms with Crippen LogP contribution in [0.15, 0.2) is 24.3 Å². The molecule has 0 radical (unpaired) electrons. The van der Waals surface area contributed by atoms with Crippen molar-refractivity contribution >= 4 is 6.41 Å². The molecule has 92 valence electrons. The quantitative estimate of drug-likeness (QED) is 0.799. The molecule has 1 heterocycles. The number of hydrogen-bond donors (Lipinski definition) is 1. The number of aliphatic hydroxyl groups is 1. The van der Waals surface area contributed by atoms with Crippen molar-refractivity contribution < 1.29 is 14.6 Å². The normalized spacial score (nSPS) is 18.8. The Morgan fingerprint density at radius 2 is 1.88 bits per heavy atom. The van der Waals surface area contributed by atoms with Crippen molar-refractivity contribution in [1.82, 2.24) is 4.90 Å². The minimum absolute atomic E-state index is 0.581. The molecule has 1 amide bonds. The lowest BCUT2D eigenvalue weighted by Crippen LogP contribution is -2.41. The molecule has 0 saturated carbocycles. The molecule has 0 bridgehead atoms. The van der Waals surface area contributed by atoms with E-state index in [1.165, 1.54) is 0 Å². The summed E-state index contributed by atoms with van der Waals surface area (Å²) in [6, 6.07) is 7.46. The second-order valence-corrected chi connectivity index (χ2v) is 4.40. The molecule has 17 heavy (non-hydrogen) atoms. The molecule has 0 unspecified atom stereocenters. The molecule has 1 N–H and O–H groups in total. The Kier molecular flexibility index (Phi) is 3.33. The van der Waals surface area contributed by atoms with Gasteiger partial charge in [0.2, 0.25) is 6.41 Å². The third-order valence-corrected chi connectivity index (χ3v) is 3.40. The number of methoxy groups -OCH3 is 1. The van der Waals surface area contributed by atoms with Crippen LogP contribution in [0, 0.1) is 0 Å². The van der Waals surface area contributed by atoms with Gasteiger partial charge in [-0.1, -0.05) is 12.1 Å². The Morgan fingerprint density at radius 1 is 1.29 bits per heavy atom. The Morgan fingerprint density at radius 3 is 2.35 bits per heavy atom. The zero-order valence-electron chi connectivity index (χ0n) is 9.93. The molecule has 4 heteroatoms. The van der Waals surface area contributed by atoms with E-state index in [-0.39, 0.29) is 0 Å². The van der Waals surface area contributed by atoms with E-state index in [1.807, 2.05) is 24.3 Å². The van der Waals surface area contributed by atoms with Gasteiger partial charge in [0.25, 0.3) is 0 Å².